The summed E-state index contributed by atoms with van der Waals surface area (Å²) in [6.07, 6.45) is 5.40. The Kier molecular flexibility index (Phi) is 4.72. The molecule has 1 fully saturated rings. The Morgan fingerprint density at radius 2 is 2.43 bits per heavy atom. The molecule has 3 rings (SSSR count). The summed E-state index contributed by atoms with van der Waals surface area (Å²) in [5, 5.41) is 5.14. The van der Waals surface area contributed by atoms with E-state index >= 15 is 0 Å². The number of carbonyl (C=O) groups is 1. The number of furan rings is 1. The van der Waals surface area contributed by atoms with Gasteiger partial charge in [0.2, 0.25) is 0 Å². The minimum Gasteiger partial charge on any atom is -0.472 e. The van der Waals surface area contributed by atoms with Crippen molar-refractivity contribution in [1.82, 2.24) is 10.2 Å². The van der Waals surface area contributed by atoms with Gasteiger partial charge in [-0.1, -0.05) is 6.07 Å². The van der Waals surface area contributed by atoms with Crippen LogP contribution in [-0.2, 0) is 6.54 Å². The Balaban J connectivity index is 1.46. The summed E-state index contributed by atoms with van der Waals surface area (Å²) in [5.41, 5.74) is 0.598. The van der Waals surface area contributed by atoms with E-state index in [1.165, 1.54) is 30.2 Å². The third kappa shape index (κ3) is 3.95. The molecule has 0 aromatic carbocycles. The van der Waals surface area contributed by atoms with Crippen molar-refractivity contribution in [1.29, 1.82) is 0 Å². The van der Waals surface area contributed by atoms with Crippen LogP contribution in [0.1, 0.15) is 28.1 Å². The molecule has 1 aliphatic heterocycles. The molecule has 4 nitrogen and oxygen atoms in total. The molecule has 2 aromatic heterocycles. The molecule has 0 bridgehead atoms. The molecule has 0 unspecified atom stereocenters. The van der Waals surface area contributed by atoms with Gasteiger partial charge in [0.05, 0.1) is 11.8 Å². The predicted molar refractivity (Wildman–Crippen MR) is 83.4 cm³/mol. The molecule has 112 valence electrons. The maximum absolute atomic E-state index is 11.9. The Labute approximate surface area is 128 Å². The summed E-state index contributed by atoms with van der Waals surface area (Å²) in [6, 6.07) is 5.99. The molecule has 5 heteroatoms. The lowest BCUT2D eigenvalue weighted by Gasteiger charge is -2.32. The lowest BCUT2D eigenvalue weighted by atomic mass is 9.98. The first-order valence-electron chi connectivity index (χ1n) is 7.36. The summed E-state index contributed by atoms with van der Waals surface area (Å²) >= 11 is 1.81. The van der Waals surface area contributed by atoms with E-state index in [1.54, 1.807) is 6.07 Å². The molecule has 0 radical (unpaired) electrons. The van der Waals surface area contributed by atoms with Crippen LogP contribution in [0.4, 0.5) is 0 Å². The summed E-state index contributed by atoms with van der Waals surface area (Å²) in [4.78, 5) is 15.8. The standard InChI is InChI=1S/C16H20N2O2S/c19-16(14-5-7-20-12-14)17-9-13-3-1-6-18(10-13)11-15-4-2-8-21-15/h2,4-5,7-8,12-13H,1,3,6,9-11H2,(H,17,19)/t13-/m1/s1. The Morgan fingerprint density at radius 3 is 3.19 bits per heavy atom. The molecular weight excluding hydrogens is 284 g/mol. The Morgan fingerprint density at radius 1 is 1.48 bits per heavy atom. The summed E-state index contributed by atoms with van der Waals surface area (Å²) in [7, 11) is 0. The zero-order chi connectivity index (χ0) is 14.5. The van der Waals surface area contributed by atoms with Gasteiger partial charge in [-0.2, -0.15) is 0 Å². The second-order valence-electron chi connectivity index (χ2n) is 5.54. The molecule has 1 N–H and O–H groups in total. The van der Waals surface area contributed by atoms with Crippen LogP contribution in [-0.4, -0.2) is 30.4 Å². The fourth-order valence-electron chi connectivity index (χ4n) is 2.82. The van der Waals surface area contributed by atoms with Gasteiger partial charge in [0, 0.05) is 24.5 Å². The second kappa shape index (κ2) is 6.91. The summed E-state index contributed by atoms with van der Waals surface area (Å²) in [5.74, 6) is 0.494. The van der Waals surface area contributed by atoms with Crippen molar-refractivity contribution in [3.05, 3.63) is 46.5 Å². The van der Waals surface area contributed by atoms with Crippen molar-refractivity contribution >= 4 is 17.2 Å². The van der Waals surface area contributed by atoms with Gasteiger partial charge in [-0.05, 0) is 42.8 Å². The molecular formula is C16H20N2O2S. The van der Waals surface area contributed by atoms with Crippen LogP contribution in [0.15, 0.2) is 40.5 Å². The Hall–Kier alpha value is -1.59. The quantitative estimate of drug-likeness (QED) is 0.923. The number of rotatable bonds is 5. The average Bonchev–Trinajstić information content (AvgIpc) is 3.18. The third-order valence-electron chi connectivity index (χ3n) is 3.90. The first-order valence-corrected chi connectivity index (χ1v) is 8.24. The highest BCUT2D eigenvalue weighted by Gasteiger charge is 2.21. The third-order valence-corrected chi connectivity index (χ3v) is 4.76. The fraction of sp³-hybridized carbons (Fsp3) is 0.438. The number of piperidine rings is 1. The number of hydrogen-bond acceptors (Lipinski definition) is 4. The van der Waals surface area contributed by atoms with Crippen molar-refractivity contribution in [2.75, 3.05) is 19.6 Å². The van der Waals surface area contributed by atoms with Crippen LogP contribution < -0.4 is 5.32 Å². The molecule has 0 spiro atoms. The van der Waals surface area contributed by atoms with Crippen molar-refractivity contribution in [3.8, 4) is 0 Å². The van der Waals surface area contributed by atoms with E-state index in [1.807, 2.05) is 11.3 Å². The molecule has 1 atom stereocenters. The van der Waals surface area contributed by atoms with Crippen molar-refractivity contribution in [3.63, 3.8) is 0 Å². The smallest absolute Gasteiger partial charge is 0.254 e. The number of nitrogens with zero attached hydrogens (tertiary/aromatic N) is 1. The average molecular weight is 304 g/mol. The first kappa shape index (κ1) is 14.4. The lowest BCUT2D eigenvalue weighted by Crippen LogP contribution is -2.40. The highest BCUT2D eigenvalue weighted by Crippen LogP contribution is 2.20. The van der Waals surface area contributed by atoms with E-state index in [0.717, 1.165) is 26.2 Å². The zero-order valence-electron chi connectivity index (χ0n) is 12.0. The predicted octanol–water partition coefficient (Wildman–Crippen LogP) is 2.98. The molecule has 2 aromatic rings. The molecule has 3 heterocycles. The molecule has 21 heavy (non-hydrogen) atoms. The van der Waals surface area contributed by atoms with E-state index in [-0.39, 0.29) is 5.91 Å². The van der Waals surface area contributed by atoms with Crippen LogP contribution in [0.25, 0.3) is 0 Å². The maximum Gasteiger partial charge on any atom is 0.254 e. The van der Waals surface area contributed by atoms with E-state index in [9.17, 15) is 4.79 Å². The van der Waals surface area contributed by atoms with Gasteiger partial charge in [-0.15, -0.1) is 11.3 Å². The van der Waals surface area contributed by atoms with Crippen LogP contribution in [0.2, 0.25) is 0 Å². The summed E-state index contributed by atoms with van der Waals surface area (Å²) in [6.45, 7) is 3.99. The molecule has 0 saturated carbocycles. The lowest BCUT2D eigenvalue weighted by molar-refractivity contribution is 0.0930. The van der Waals surface area contributed by atoms with Gasteiger partial charge in [-0.3, -0.25) is 9.69 Å². The zero-order valence-corrected chi connectivity index (χ0v) is 12.8. The number of nitrogens with one attached hydrogen (secondary N) is 1. The summed E-state index contributed by atoms with van der Waals surface area (Å²) < 4.78 is 4.94. The van der Waals surface area contributed by atoms with Gasteiger partial charge >= 0.3 is 0 Å². The largest absolute Gasteiger partial charge is 0.472 e. The van der Waals surface area contributed by atoms with Crippen molar-refractivity contribution < 1.29 is 9.21 Å². The minimum atomic E-state index is -0.0425. The minimum absolute atomic E-state index is 0.0425. The van der Waals surface area contributed by atoms with Crippen LogP contribution in [0.3, 0.4) is 0 Å². The topological polar surface area (TPSA) is 45.5 Å². The molecule has 1 amide bonds. The van der Waals surface area contributed by atoms with Gasteiger partial charge in [0.25, 0.3) is 5.91 Å². The number of thiophene rings is 1. The highest BCUT2D eigenvalue weighted by molar-refractivity contribution is 7.09. The van der Waals surface area contributed by atoms with Gasteiger partial charge in [0.15, 0.2) is 0 Å². The molecule has 0 aliphatic carbocycles. The maximum atomic E-state index is 11.9. The monoisotopic (exact) mass is 304 g/mol. The first-order chi connectivity index (χ1) is 10.3. The Bertz CT molecular complexity index is 551. The van der Waals surface area contributed by atoms with Gasteiger partial charge in [0.1, 0.15) is 6.26 Å². The van der Waals surface area contributed by atoms with Crippen LogP contribution in [0.5, 0.6) is 0 Å². The van der Waals surface area contributed by atoms with Crippen molar-refractivity contribution in [2.45, 2.75) is 19.4 Å². The van der Waals surface area contributed by atoms with E-state index in [0.29, 0.717) is 11.5 Å². The van der Waals surface area contributed by atoms with Gasteiger partial charge in [-0.25, -0.2) is 0 Å². The SMILES string of the molecule is O=C(NC[C@H]1CCCN(Cc2cccs2)C1)c1ccoc1. The number of carbonyl (C=O) groups excluding carboxylic acids is 1. The van der Waals surface area contributed by atoms with E-state index in [4.69, 9.17) is 4.42 Å². The van der Waals surface area contributed by atoms with Crippen LogP contribution in [0, 0.1) is 5.92 Å². The van der Waals surface area contributed by atoms with Crippen molar-refractivity contribution in [2.24, 2.45) is 5.92 Å². The van der Waals surface area contributed by atoms with E-state index in [2.05, 4.69) is 27.7 Å². The molecule has 1 aliphatic rings. The van der Waals surface area contributed by atoms with E-state index < -0.39 is 0 Å². The number of amides is 1. The highest BCUT2D eigenvalue weighted by atomic mass is 32.1. The second-order valence-corrected chi connectivity index (χ2v) is 6.58. The van der Waals surface area contributed by atoms with Gasteiger partial charge < -0.3 is 9.73 Å². The number of hydrogen-bond donors (Lipinski definition) is 1. The number of likely N-dealkylation sites (tertiary alicyclic amines) is 1. The fourth-order valence-corrected chi connectivity index (χ4v) is 3.56. The van der Waals surface area contributed by atoms with Crippen LogP contribution >= 0.6 is 11.3 Å². The normalized spacial score (nSPS) is 19.5. The molecule has 1 saturated heterocycles.